The van der Waals surface area contributed by atoms with Gasteiger partial charge >= 0.3 is 0 Å². The molecule has 0 heterocycles. The first-order chi connectivity index (χ1) is 11.9. The van der Waals surface area contributed by atoms with Gasteiger partial charge in [0.2, 0.25) is 0 Å². The van der Waals surface area contributed by atoms with Gasteiger partial charge in [-0.15, -0.1) is 0 Å². The van der Waals surface area contributed by atoms with Crippen LogP contribution in [-0.4, -0.2) is 44.7 Å². The predicted molar refractivity (Wildman–Crippen MR) is 94.6 cm³/mol. The van der Waals surface area contributed by atoms with Gasteiger partial charge in [-0.05, 0) is 11.1 Å². The summed E-state index contributed by atoms with van der Waals surface area (Å²) in [4.78, 5) is 0. The van der Waals surface area contributed by atoms with E-state index in [0.717, 1.165) is 16.7 Å². The molecule has 128 valence electrons. The molecule has 4 heteroatoms. The van der Waals surface area contributed by atoms with Gasteiger partial charge in [-0.25, -0.2) is 0 Å². The lowest BCUT2D eigenvalue weighted by Crippen LogP contribution is -2.10. The molecule has 2 aromatic carbocycles. The molecule has 0 saturated carbocycles. The van der Waals surface area contributed by atoms with Gasteiger partial charge in [0.15, 0.2) is 0 Å². The minimum absolute atomic E-state index is 0.0374. The SMILES string of the molecule is OCCOCCOCCOC=C(c1ccccc1)c1ccccc1. The fourth-order valence-electron chi connectivity index (χ4n) is 2.17. The van der Waals surface area contributed by atoms with Crippen molar-refractivity contribution in [2.45, 2.75) is 0 Å². The summed E-state index contributed by atoms with van der Waals surface area (Å²) in [7, 11) is 0. The van der Waals surface area contributed by atoms with E-state index in [1.807, 2.05) is 36.4 Å². The monoisotopic (exact) mass is 328 g/mol. The number of hydrogen-bond donors (Lipinski definition) is 1. The number of ether oxygens (including phenoxy) is 3. The summed E-state index contributed by atoms with van der Waals surface area (Å²) in [6.45, 7) is 2.34. The van der Waals surface area contributed by atoms with Crippen molar-refractivity contribution >= 4 is 5.57 Å². The molecule has 0 aliphatic carbocycles. The Kier molecular flexibility index (Phi) is 8.65. The van der Waals surface area contributed by atoms with Crippen LogP contribution in [0, 0.1) is 0 Å². The third-order valence-corrected chi connectivity index (χ3v) is 3.32. The predicted octanol–water partition coefficient (Wildman–Crippen LogP) is 3.12. The van der Waals surface area contributed by atoms with E-state index in [-0.39, 0.29) is 6.61 Å². The number of rotatable bonds is 11. The Hall–Kier alpha value is -2.14. The van der Waals surface area contributed by atoms with Gasteiger partial charge in [-0.2, -0.15) is 0 Å². The number of hydrogen-bond acceptors (Lipinski definition) is 4. The van der Waals surface area contributed by atoms with Crippen LogP contribution in [0.1, 0.15) is 11.1 Å². The van der Waals surface area contributed by atoms with Crippen LogP contribution in [-0.2, 0) is 14.2 Å². The second kappa shape index (κ2) is 11.4. The highest BCUT2D eigenvalue weighted by Crippen LogP contribution is 2.22. The lowest BCUT2D eigenvalue weighted by atomic mass is 9.99. The molecule has 24 heavy (non-hydrogen) atoms. The third kappa shape index (κ3) is 6.54. The fraction of sp³-hybridized carbons (Fsp3) is 0.300. The molecule has 2 rings (SSSR count). The van der Waals surface area contributed by atoms with E-state index in [4.69, 9.17) is 19.3 Å². The van der Waals surface area contributed by atoms with Crippen LogP contribution in [0.5, 0.6) is 0 Å². The maximum absolute atomic E-state index is 8.59. The van der Waals surface area contributed by atoms with Crippen LogP contribution in [0.3, 0.4) is 0 Å². The molecule has 0 aromatic heterocycles. The van der Waals surface area contributed by atoms with Crippen molar-refractivity contribution in [3.05, 3.63) is 78.1 Å². The average molecular weight is 328 g/mol. The molecule has 0 radical (unpaired) electrons. The Morgan fingerprint density at radius 3 is 1.75 bits per heavy atom. The second-order valence-corrected chi connectivity index (χ2v) is 5.08. The summed E-state index contributed by atoms with van der Waals surface area (Å²) < 4.78 is 16.2. The van der Waals surface area contributed by atoms with E-state index in [2.05, 4.69) is 24.3 Å². The van der Waals surface area contributed by atoms with Gasteiger partial charge in [-0.3, -0.25) is 0 Å². The van der Waals surface area contributed by atoms with E-state index >= 15 is 0 Å². The van der Waals surface area contributed by atoms with E-state index in [1.165, 1.54) is 0 Å². The molecule has 4 nitrogen and oxygen atoms in total. The zero-order chi connectivity index (χ0) is 16.9. The first-order valence-corrected chi connectivity index (χ1v) is 8.11. The summed E-state index contributed by atoms with van der Waals surface area (Å²) in [5.41, 5.74) is 3.27. The summed E-state index contributed by atoms with van der Waals surface area (Å²) in [6, 6.07) is 20.3. The maximum atomic E-state index is 8.59. The molecule has 0 aliphatic heterocycles. The molecule has 2 aromatic rings. The van der Waals surface area contributed by atoms with Crippen LogP contribution < -0.4 is 0 Å². The maximum Gasteiger partial charge on any atom is 0.111 e. The van der Waals surface area contributed by atoms with Crippen LogP contribution in [0.4, 0.5) is 0 Å². The third-order valence-electron chi connectivity index (χ3n) is 3.32. The summed E-state index contributed by atoms with van der Waals surface area (Å²) in [5, 5.41) is 8.59. The zero-order valence-electron chi connectivity index (χ0n) is 13.8. The van der Waals surface area contributed by atoms with Gasteiger partial charge in [0, 0.05) is 5.57 Å². The Labute approximate surface area is 143 Å². The Morgan fingerprint density at radius 2 is 1.21 bits per heavy atom. The number of aliphatic hydroxyl groups excluding tert-OH is 1. The molecule has 1 N–H and O–H groups in total. The first-order valence-electron chi connectivity index (χ1n) is 8.11. The molecular formula is C20H24O4. The van der Waals surface area contributed by atoms with Crippen LogP contribution in [0.15, 0.2) is 66.9 Å². The molecular weight excluding hydrogens is 304 g/mol. The molecule has 0 saturated heterocycles. The van der Waals surface area contributed by atoms with E-state index in [9.17, 15) is 0 Å². The number of benzene rings is 2. The lowest BCUT2D eigenvalue weighted by Gasteiger charge is -2.10. The fourth-order valence-corrected chi connectivity index (χ4v) is 2.17. The largest absolute Gasteiger partial charge is 0.498 e. The highest BCUT2D eigenvalue weighted by atomic mass is 16.5. The van der Waals surface area contributed by atoms with Crippen LogP contribution >= 0.6 is 0 Å². The van der Waals surface area contributed by atoms with Gasteiger partial charge < -0.3 is 19.3 Å². The summed E-state index contributed by atoms with van der Waals surface area (Å²) in [6.07, 6.45) is 1.79. The Bertz CT molecular complexity index is 540. The molecule has 0 aliphatic rings. The highest BCUT2D eigenvalue weighted by Gasteiger charge is 2.04. The highest BCUT2D eigenvalue weighted by molar-refractivity contribution is 5.78. The van der Waals surface area contributed by atoms with Gasteiger partial charge in [-0.1, -0.05) is 60.7 Å². The van der Waals surface area contributed by atoms with Crippen molar-refractivity contribution < 1.29 is 19.3 Å². The molecule has 0 unspecified atom stereocenters. The standard InChI is InChI=1S/C20H24O4/c21-11-12-22-13-14-23-15-16-24-17-20(18-7-3-1-4-8-18)19-9-5-2-6-10-19/h1-10,17,21H,11-16H2. The van der Waals surface area contributed by atoms with Crippen molar-refractivity contribution in [2.24, 2.45) is 0 Å². The second-order valence-electron chi connectivity index (χ2n) is 5.08. The minimum atomic E-state index is 0.0374. The van der Waals surface area contributed by atoms with Crippen molar-refractivity contribution in [1.82, 2.24) is 0 Å². The first kappa shape index (κ1) is 18.2. The van der Waals surface area contributed by atoms with Gasteiger partial charge in [0.05, 0.1) is 39.3 Å². The summed E-state index contributed by atoms with van der Waals surface area (Å²) >= 11 is 0. The topological polar surface area (TPSA) is 47.9 Å². The van der Waals surface area contributed by atoms with Crippen molar-refractivity contribution in [3.8, 4) is 0 Å². The van der Waals surface area contributed by atoms with E-state index < -0.39 is 0 Å². The number of aliphatic hydroxyl groups is 1. The van der Waals surface area contributed by atoms with E-state index in [0.29, 0.717) is 33.0 Å². The van der Waals surface area contributed by atoms with Crippen molar-refractivity contribution in [2.75, 3.05) is 39.6 Å². The smallest absolute Gasteiger partial charge is 0.111 e. The molecule has 0 spiro atoms. The summed E-state index contributed by atoms with van der Waals surface area (Å²) in [5.74, 6) is 0. The van der Waals surface area contributed by atoms with Gasteiger partial charge in [0.1, 0.15) is 6.61 Å². The Morgan fingerprint density at radius 1 is 0.708 bits per heavy atom. The van der Waals surface area contributed by atoms with E-state index in [1.54, 1.807) is 6.26 Å². The molecule has 0 bridgehead atoms. The normalized spacial score (nSPS) is 10.4. The average Bonchev–Trinajstić information content (AvgIpc) is 2.65. The molecule has 0 atom stereocenters. The molecule has 0 fully saturated rings. The van der Waals surface area contributed by atoms with Crippen LogP contribution in [0.25, 0.3) is 5.57 Å². The quantitative estimate of drug-likeness (QED) is 0.508. The Balaban J connectivity index is 1.84. The van der Waals surface area contributed by atoms with Crippen LogP contribution in [0.2, 0.25) is 0 Å². The molecule has 0 amide bonds. The van der Waals surface area contributed by atoms with Crippen molar-refractivity contribution in [3.63, 3.8) is 0 Å². The van der Waals surface area contributed by atoms with Gasteiger partial charge in [0.25, 0.3) is 0 Å². The lowest BCUT2D eigenvalue weighted by molar-refractivity contribution is 0.0204. The zero-order valence-corrected chi connectivity index (χ0v) is 13.8. The van der Waals surface area contributed by atoms with Crippen molar-refractivity contribution in [1.29, 1.82) is 0 Å². The minimum Gasteiger partial charge on any atom is -0.498 e.